The van der Waals surface area contributed by atoms with Crippen LogP contribution in [0.25, 0.3) is 0 Å². The Morgan fingerprint density at radius 1 is 0.800 bits per heavy atom. The van der Waals surface area contributed by atoms with Gasteiger partial charge in [0, 0.05) is 0 Å². The van der Waals surface area contributed by atoms with Gasteiger partial charge in [0.2, 0.25) is 0 Å². The molecule has 1 atom stereocenters. The summed E-state index contributed by atoms with van der Waals surface area (Å²) in [5, 5.41) is 0. The average Bonchev–Trinajstić information content (AvgIpc) is 2.72. The van der Waals surface area contributed by atoms with Gasteiger partial charge in [-0.3, -0.25) is 0 Å². The van der Waals surface area contributed by atoms with Crippen molar-refractivity contribution in [2.75, 3.05) is 0 Å². The Kier molecular flexibility index (Phi) is 2.07. The molecular formula is C16H10O4. The molecule has 0 aliphatic carbocycles. The molecule has 0 radical (unpaired) electrons. The molecule has 2 aromatic carbocycles. The van der Waals surface area contributed by atoms with Crippen LogP contribution in [0.5, 0.6) is 0 Å². The summed E-state index contributed by atoms with van der Waals surface area (Å²) in [6.45, 7) is 0. The van der Waals surface area contributed by atoms with Gasteiger partial charge in [-0.25, -0.2) is 9.59 Å². The number of carbonyl (C=O) groups excluding carboxylic acids is 2. The second-order valence-corrected chi connectivity index (χ2v) is 4.91. The summed E-state index contributed by atoms with van der Waals surface area (Å²) in [4.78, 5) is 24.1. The average molecular weight is 266 g/mol. The second kappa shape index (κ2) is 3.70. The van der Waals surface area contributed by atoms with E-state index in [2.05, 4.69) is 0 Å². The smallest absolute Gasteiger partial charge is 0.342 e. The number of benzene rings is 2. The van der Waals surface area contributed by atoms with E-state index in [1.165, 1.54) is 0 Å². The fourth-order valence-corrected chi connectivity index (χ4v) is 2.83. The number of esters is 2. The number of rotatable bonds is 0. The molecule has 0 N–H and O–H groups in total. The molecule has 0 fully saturated rings. The van der Waals surface area contributed by atoms with Gasteiger partial charge in [-0.15, -0.1) is 0 Å². The monoisotopic (exact) mass is 266 g/mol. The highest BCUT2D eigenvalue weighted by molar-refractivity contribution is 5.97. The molecule has 2 aromatic rings. The highest BCUT2D eigenvalue weighted by Gasteiger charge is 2.51. The van der Waals surface area contributed by atoms with E-state index in [9.17, 15) is 9.59 Å². The summed E-state index contributed by atoms with van der Waals surface area (Å²) in [5.74, 6) is -2.22. The van der Waals surface area contributed by atoms with Gasteiger partial charge >= 0.3 is 11.9 Å². The predicted octanol–water partition coefficient (Wildman–Crippen LogP) is 2.42. The standard InChI is InChI=1S/C16H10O4/c17-14-11-6-2-1-5-10(11)9-16(19-14)13-8-4-3-7-12(13)15(18)20-16/h1-8H,9H2/t16-/m0/s1. The van der Waals surface area contributed by atoms with Gasteiger partial charge in [-0.2, -0.15) is 0 Å². The third-order valence-corrected chi connectivity index (χ3v) is 3.73. The molecule has 0 saturated carbocycles. The maximum atomic E-state index is 12.1. The molecule has 4 nitrogen and oxygen atoms in total. The van der Waals surface area contributed by atoms with Crippen LogP contribution < -0.4 is 0 Å². The first-order valence-corrected chi connectivity index (χ1v) is 6.34. The zero-order valence-electron chi connectivity index (χ0n) is 10.5. The van der Waals surface area contributed by atoms with E-state index in [1.54, 1.807) is 36.4 Å². The molecular weight excluding hydrogens is 256 g/mol. The summed E-state index contributed by atoms with van der Waals surface area (Å²) >= 11 is 0. The van der Waals surface area contributed by atoms with Crippen molar-refractivity contribution in [2.24, 2.45) is 0 Å². The number of fused-ring (bicyclic) bond motifs is 3. The Balaban J connectivity index is 1.90. The van der Waals surface area contributed by atoms with E-state index >= 15 is 0 Å². The number of carbonyl (C=O) groups is 2. The van der Waals surface area contributed by atoms with Gasteiger partial charge in [-0.1, -0.05) is 36.4 Å². The van der Waals surface area contributed by atoms with E-state index in [-0.39, 0.29) is 0 Å². The van der Waals surface area contributed by atoms with Crippen molar-refractivity contribution in [3.05, 3.63) is 70.8 Å². The molecule has 98 valence electrons. The fourth-order valence-electron chi connectivity index (χ4n) is 2.83. The van der Waals surface area contributed by atoms with Crippen LogP contribution in [0, 0.1) is 0 Å². The lowest BCUT2D eigenvalue weighted by atomic mass is 9.91. The quantitative estimate of drug-likeness (QED) is 0.687. The Labute approximate surface area is 114 Å². The van der Waals surface area contributed by atoms with E-state index in [0.717, 1.165) is 5.56 Å². The maximum absolute atomic E-state index is 12.1. The molecule has 20 heavy (non-hydrogen) atoms. The van der Waals surface area contributed by atoms with Gasteiger partial charge in [0.1, 0.15) is 0 Å². The number of ether oxygens (including phenoxy) is 2. The van der Waals surface area contributed by atoms with E-state index in [1.807, 2.05) is 12.1 Å². The summed E-state index contributed by atoms with van der Waals surface area (Å²) < 4.78 is 10.9. The Bertz CT molecular complexity index is 750. The first kappa shape index (κ1) is 11.2. The van der Waals surface area contributed by atoms with Crippen LogP contribution in [-0.4, -0.2) is 11.9 Å². The molecule has 4 heteroatoms. The summed E-state index contributed by atoms with van der Waals surface area (Å²) in [6.07, 6.45) is 0.345. The van der Waals surface area contributed by atoms with E-state index in [4.69, 9.17) is 9.47 Å². The molecule has 0 saturated heterocycles. The van der Waals surface area contributed by atoms with Crippen molar-refractivity contribution in [3.8, 4) is 0 Å². The maximum Gasteiger partial charge on any atom is 0.342 e. The lowest BCUT2D eigenvalue weighted by Gasteiger charge is -2.32. The van der Waals surface area contributed by atoms with Crippen LogP contribution in [0.1, 0.15) is 31.8 Å². The largest absolute Gasteiger partial charge is 0.414 e. The molecule has 1 spiro atoms. The molecule has 0 bridgehead atoms. The third kappa shape index (κ3) is 1.36. The van der Waals surface area contributed by atoms with Crippen LogP contribution in [0.15, 0.2) is 48.5 Å². The van der Waals surface area contributed by atoms with Crippen molar-refractivity contribution in [1.29, 1.82) is 0 Å². The number of hydrogen-bond donors (Lipinski definition) is 0. The Morgan fingerprint density at radius 3 is 2.20 bits per heavy atom. The number of hydrogen-bond acceptors (Lipinski definition) is 4. The summed E-state index contributed by atoms with van der Waals surface area (Å²) in [6, 6.07) is 14.2. The van der Waals surface area contributed by atoms with E-state index in [0.29, 0.717) is 23.1 Å². The minimum Gasteiger partial charge on any atom is -0.414 e. The van der Waals surface area contributed by atoms with Crippen molar-refractivity contribution >= 4 is 11.9 Å². The first-order chi connectivity index (χ1) is 9.70. The zero-order chi connectivity index (χ0) is 13.7. The van der Waals surface area contributed by atoms with Crippen LogP contribution in [-0.2, 0) is 21.7 Å². The molecule has 0 unspecified atom stereocenters. The fraction of sp³-hybridized carbons (Fsp3) is 0.125. The molecule has 2 aliphatic heterocycles. The van der Waals surface area contributed by atoms with Crippen molar-refractivity contribution < 1.29 is 19.1 Å². The highest BCUT2D eigenvalue weighted by Crippen LogP contribution is 2.43. The van der Waals surface area contributed by atoms with Crippen LogP contribution in [0.3, 0.4) is 0 Å². The summed E-state index contributed by atoms with van der Waals surface area (Å²) in [5.41, 5.74) is 2.43. The third-order valence-electron chi connectivity index (χ3n) is 3.73. The lowest BCUT2D eigenvalue weighted by Crippen LogP contribution is -2.39. The predicted molar refractivity (Wildman–Crippen MR) is 69.1 cm³/mol. The van der Waals surface area contributed by atoms with Gasteiger partial charge < -0.3 is 9.47 Å². The van der Waals surface area contributed by atoms with Crippen LogP contribution >= 0.6 is 0 Å². The minimum absolute atomic E-state index is 0.345. The topological polar surface area (TPSA) is 52.6 Å². The zero-order valence-corrected chi connectivity index (χ0v) is 10.5. The van der Waals surface area contributed by atoms with Gasteiger partial charge in [0.25, 0.3) is 5.79 Å². The van der Waals surface area contributed by atoms with Gasteiger partial charge in [0.15, 0.2) is 0 Å². The van der Waals surface area contributed by atoms with Crippen LogP contribution in [0.2, 0.25) is 0 Å². The second-order valence-electron chi connectivity index (χ2n) is 4.91. The first-order valence-electron chi connectivity index (χ1n) is 6.34. The van der Waals surface area contributed by atoms with E-state index < -0.39 is 17.7 Å². The minimum atomic E-state index is -1.31. The van der Waals surface area contributed by atoms with Crippen molar-refractivity contribution in [3.63, 3.8) is 0 Å². The molecule has 2 aliphatic rings. The molecule has 0 aromatic heterocycles. The lowest BCUT2D eigenvalue weighted by molar-refractivity contribution is -0.170. The Hall–Kier alpha value is -2.62. The molecule has 4 rings (SSSR count). The normalized spacial score (nSPS) is 23.0. The van der Waals surface area contributed by atoms with Crippen molar-refractivity contribution in [2.45, 2.75) is 12.2 Å². The highest BCUT2D eigenvalue weighted by atomic mass is 16.7. The Morgan fingerprint density at radius 2 is 1.40 bits per heavy atom. The van der Waals surface area contributed by atoms with Gasteiger partial charge in [0.05, 0.1) is 23.1 Å². The molecule has 2 heterocycles. The SMILES string of the molecule is O=C1O[C@@]2(Cc3ccccc31)OC(=O)c1ccccc12. The van der Waals surface area contributed by atoms with Crippen LogP contribution in [0.4, 0.5) is 0 Å². The van der Waals surface area contributed by atoms with Gasteiger partial charge in [-0.05, 0) is 17.7 Å². The summed E-state index contributed by atoms with van der Waals surface area (Å²) in [7, 11) is 0. The van der Waals surface area contributed by atoms with Crippen molar-refractivity contribution in [1.82, 2.24) is 0 Å². The molecule has 0 amide bonds.